The summed E-state index contributed by atoms with van der Waals surface area (Å²) in [4.78, 5) is 15.0. The van der Waals surface area contributed by atoms with Crippen molar-refractivity contribution < 1.29 is 14.6 Å². The fourth-order valence-corrected chi connectivity index (χ4v) is 4.42. The highest BCUT2D eigenvalue weighted by Crippen LogP contribution is 2.52. The van der Waals surface area contributed by atoms with Crippen LogP contribution in [0.2, 0.25) is 5.02 Å². The molecule has 120 valence electrons. The topological polar surface area (TPSA) is 49.8 Å². The Bertz CT molecular complexity index is 585. The molecule has 3 rings (SSSR count). The molecule has 4 nitrogen and oxygen atoms in total. The van der Waals surface area contributed by atoms with Crippen molar-refractivity contribution in [3.8, 4) is 5.75 Å². The fraction of sp³-hybridized carbons (Fsp3) is 0.588. The van der Waals surface area contributed by atoms with Crippen molar-refractivity contribution in [3.63, 3.8) is 0 Å². The highest BCUT2D eigenvalue weighted by Gasteiger charge is 2.56. The predicted molar refractivity (Wildman–Crippen MR) is 85.4 cm³/mol. The van der Waals surface area contributed by atoms with Crippen LogP contribution in [0.5, 0.6) is 5.75 Å². The molecule has 22 heavy (non-hydrogen) atoms. The van der Waals surface area contributed by atoms with Gasteiger partial charge in [0.1, 0.15) is 5.75 Å². The molecule has 5 heteroatoms. The van der Waals surface area contributed by atoms with E-state index in [1.54, 1.807) is 25.3 Å². The highest BCUT2D eigenvalue weighted by molar-refractivity contribution is 6.31. The summed E-state index contributed by atoms with van der Waals surface area (Å²) in [5.74, 6) is 0.516. The molecule has 2 heterocycles. The van der Waals surface area contributed by atoms with E-state index >= 15 is 0 Å². The summed E-state index contributed by atoms with van der Waals surface area (Å²) >= 11 is 6.06. The van der Waals surface area contributed by atoms with Crippen LogP contribution in [0, 0.1) is 5.41 Å². The quantitative estimate of drug-likeness (QED) is 0.926. The van der Waals surface area contributed by atoms with Crippen molar-refractivity contribution in [2.45, 2.75) is 44.7 Å². The first-order valence-corrected chi connectivity index (χ1v) is 8.21. The van der Waals surface area contributed by atoms with Crippen LogP contribution in [0.1, 0.15) is 43.0 Å². The first-order chi connectivity index (χ1) is 10.6. The van der Waals surface area contributed by atoms with Crippen LogP contribution in [0.3, 0.4) is 0 Å². The van der Waals surface area contributed by atoms with E-state index in [0.29, 0.717) is 16.3 Å². The largest absolute Gasteiger partial charge is 0.496 e. The standard InChI is InChI=1S/C17H22ClNO3/c1-3-17(10-20)9-12-5-7-15(17)19(12)16(21)13-8-11(18)4-6-14(13)22-2/h4,6,8,12,15,20H,3,5,7,9-10H2,1-2H3/t12-,15+,17-/m0/s1. The van der Waals surface area contributed by atoms with Gasteiger partial charge in [-0.05, 0) is 43.9 Å². The lowest BCUT2D eigenvalue weighted by Crippen LogP contribution is -2.42. The zero-order valence-corrected chi connectivity index (χ0v) is 13.8. The summed E-state index contributed by atoms with van der Waals surface area (Å²) in [6.07, 6.45) is 3.76. The molecule has 0 saturated carbocycles. The number of carbonyl (C=O) groups excluding carboxylic acids is 1. The smallest absolute Gasteiger partial charge is 0.258 e. The molecule has 1 amide bonds. The Balaban J connectivity index is 1.96. The number of amides is 1. The third-order valence-electron chi connectivity index (χ3n) is 5.50. The number of ether oxygens (including phenoxy) is 1. The minimum absolute atomic E-state index is 0.0318. The molecule has 0 unspecified atom stereocenters. The number of nitrogens with zero attached hydrogens (tertiary/aromatic N) is 1. The van der Waals surface area contributed by atoms with Crippen LogP contribution in [-0.4, -0.2) is 41.7 Å². The molecule has 0 spiro atoms. The maximum Gasteiger partial charge on any atom is 0.258 e. The molecule has 0 radical (unpaired) electrons. The van der Waals surface area contributed by atoms with Gasteiger partial charge >= 0.3 is 0 Å². The van der Waals surface area contributed by atoms with Gasteiger partial charge in [0.2, 0.25) is 0 Å². The molecule has 3 atom stereocenters. The molecule has 1 aromatic rings. The summed E-state index contributed by atoms with van der Waals surface area (Å²) in [6, 6.07) is 5.46. The van der Waals surface area contributed by atoms with Crippen LogP contribution in [0.4, 0.5) is 0 Å². The van der Waals surface area contributed by atoms with Gasteiger partial charge in [0.05, 0.1) is 19.3 Å². The Morgan fingerprint density at radius 2 is 2.27 bits per heavy atom. The molecule has 2 aliphatic rings. The van der Waals surface area contributed by atoms with Gasteiger partial charge < -0.3 is 14.7 Å². The summed E-state index contributed by atoms with van der Waals surface area (Å²) in [6.45, 7) is 2.24. The maximum absolute atomic E-state index is 13.1. The SMILES string of the molecule is CC[C@@]1(CO)C[C@@H]2CC[C@H]1N2C(=O)c1cc(Cl)ccc1OC. The lowest BCUT2D eigenvalue weighted by atomic mass is 9.72. The second-order valence-electron chi connectivity index (χ2n) is 6.38. The third kappa shape index (κ3) is 2.20. The molecule has 1 aromatic carbocycles. The maximum atomic E-state index is 13.1. The fourth-order valence-electron chi connectivity index (χ4n) is 4.25. The third-order valence-corrected chi connectivity index (χ3v) is 5.73. The van der Waals surface area contributed by atoms with E-state index in [-0.39, 0.29) is 30.0 Å². The zero-order chi connectivity index (χ0) is 15.9. The average molecular weight is 324 g/mol. The Kier molecular flexibility index (Phi) is 4.08. The summed E-state index contributed by atoms with van der Waals surface area (Å²) in [5, 5.41) is 10.4. The van der Waals surface area contributed by atoms with Crippen LogP contribution in [0.15, 0.2) is 18.2 Å². The summed E-state index contributed by atoms with van der Waals surface area (Å²) in [5.41, 5.74) is 0.362. The number of hydrogen-bond acceptors (Lipinski definition) is 3. The first-order valence-electron chi connectivity index (χ1n) is 7.83. The van der Waals surface area contributed by atoms with Gasteiger partial charge in [0, 0.05) is 22.5 Å². The summed E-state index contributed by atoms with van der Waals surface area (Å²) in [7, 11) is 1.56. The number of fused-ring (bicyclic) bond motifs is 2. The van der Waals surface area contributed by atoms with Crippen LogP contribution in [0.25, 0.3) is 0 Å². The van der Waals surface area contributed by atoms with E-state index in [1.165, 1.54) is 0 Å². The van der Waals surface area contributed by atoms with Gasteiger partial charge in [-0.2, -0.15) is 0 Å². The van der Waals surface area contributed by atoms with Crippen LogP contribution >= 0.6 is 11.6 Å². The molecule has 0 aromatic heterocycles. The second-order valence-corrected chi connectivity index (χ2v) is 6.82. The Hall–Kier alpha value is -1.26. The summed E-state index contributed by atoms with van der Waals surface area (Å²) < 4.78 is 5.32. The lowest BCUT2D eigenvalue weighted by Gasteiger charge is -2.34. The van der Waals surface area contributed by atoms with Gasteiger partial charge in [-0.3, -0.25) is 4.79 Å². The van der Waals surface area contributed by atoms with Crippen molar-refractivity contribution >= 4 is 17.5 Å². The van der Waals surface area contributed by atoms with Crippen molar-refractivity contribution in [2.75, 3.05) is 13.7 Å². The van der Waals surface area contributed by atoms with Gasteiger partial charge in [-0.1, -0.05) is 18.5 Å². The van der Waals surface area contributed by atoms with Gasteiger partial charge in [0.15, 0.2) is 0 Å². The molecule has 1 N–H and O–H groups in total. The normalized spacial score (nSPS) is 29.9. The molecule has 0 aliphatic carbocycles. The van der Waals surface area contributed by atoms with E-state index in [4.69, 9.17) is 16.3 Å². The van der Waals surface area contributed by atoms with Gasteiger partial charge in [-0.15, -0.1) is 0 Å². The van der Waals surface area contributed by atoms with Crippen LogP contribution in [-0.2, 0) is 0 Å². The van der Waals surface area contributed by atoms with Crippen LogP contribution < -0.4 is 4.74 Å². The predicted octanol–water partition coefficient (Wildman–Crippen LogP) is 3.11. The number of hydrogen-bond donors (Lipinski definition) is 1. The van der Waals surface area contributed by atoms with E-state index in [1.807, 2.05) is 4.90 Å². The molecule has 2 aliphatic heterocycles. The number of carbonyl (C=O) groups is 1. The zero-order valence-electron chi connectivity index (χ0n) is 13.0. The molecular formula is C17H22ClNO3. The Labute approximate surface area is 136 Å². The number of methoxy groups -OCH3 is 1. The Morgan fingerprint density at radius 3 is 2.86 bits per heavy atom. The van der Waals surface area contributed by atoms with Crippen molar-refractivity contribution in [1.29, 1.82) is 0 Å². The molecule has 2 fully saturated rings. The highest BCUT2D eigenvalue weighted by atomic mass is 35.5. The van der Waals surface area contributed by atoms with Crippen molar-refractivity contribution in [3.05, 3.63) is 28.8 Å². The number of aliphatic hydroxyl groups excluding tert-OH is 1. The van der Waals surface area contributed by atoms with E-state index in [2.05, 4.69) is 6.92 Å². The second kappa shape index (κ2) is 5.74. The minimum atomic E-state index is -0.148. The van der Waals surface area contributed by atoms with E-state index in [9.17, 15) is 9.90 Å². The molecule has 2 bridgehead atoms. The Morgan fingerprint density at radius 1 is 1.50 bits per heavy atom. The first kappa shape index (κ1) is 15.6. The average Bonchev–Trinajstić information content (AvgIpc) is 3.10. The minimum Gasteiger partial charge on any atom is -0.496 e. The lowest BCUT2D eigenvalue weighted by molar-refractivity contribution is 0.0555. The van der Waals surface area contributed by atoms with Crippen molar-refractivity contribution in [1.82, 2.24) is 4.90 Å². The van der Waals surface area contributed by atoms with Crippen molar-refractivity contribution in [2.24, 2.45) is 5.41 Å². The number of benzene rings is 1. The van der Waals surface area contributed by atoms with Gasteiger partial charge in [0.25, 0.3) is 5.91 Å². The monoisotopic (exact) mass is 323 g/mol. The molecule has 2 saturated heterocycles. The number of aliphatic hydroxyl groups is 1. The van der Waals surface area contributed by atoms with E-state index in [0.717, 1.165) is 25.7 Å². The molecular weight excluding hydrogens is 302 g/mol. The number of rotatable bonds is 4. The number of halogens is 1. The van der Waals surface area contributed by atoms with E-state index < -0.39 is 0 Å². The van der Waals surface area contributed by atoms with Gasteiger partial charge in [-0.25, -0.2) is 0 Å².